The molecule has 0 unspecified atom stereocenters. The van der Waals surface area contributed by atoms with Gasteiger partial charge in [-0.25, -0.2) is 0 Å². The summed E-state index contributed by atoms with van der Waals surface area (Å²) in [7, 11) is 0. The minimum atomic E-state index is 0.716. The highest BCUT2D eigenvalue weighted by Crippen LogP contribution is 2.00. The number of ether oxygens (including phenoxy) is 1. The molecule has 0 fully saturated rings. The highest BCUT2D eigenvalue weighted by atomic mass is 16.5. The predicted molar refractivity (Wildman–Crippen MR) is 49.4 cm³/mol. The lowest BCUT2D eigenvalue weighted by molar-refractivity contribution is 0.148. The van der Waals surface area contributed by atoms with Crippen LogP contribution < -0.4 is 5.32 Å². The molecule has 0 radical (unpaired) electrons. The largest absolute Gasteiger partial charge is 0.380 e. The predicted octanol–water partition coefficient (Wildman–Crippen LogP) is 1.11. The number of nitrogens with zero attached hydrogens (tertiary/aromatic N) is 1. The molecule has 0 aliphatic heterocycles. The Morgan fingerprint density at radius 1 is 1.62 bits per heavy atom. The smallest absolute Gasteiger partial charge is 0.150 e. The summed E-state index contributed by atoms with van der Waals surface area (Å²) in [6.45, 7) is 6.96. The van der Waals surface area contributed by atoms with E-state index in [-0.39, 0.29) is 0 Å². The second-order valence-electron chi connectivity index (χ2n) is 2.81. The van der Waals surface area contributed by atoms with E-state index >= 15 is 0 Å². The lowest BCUT2D eigenvalue weighted by Gasteiger charge is -2.01. The van der Waals surface area contributed by atoms with Gasteiger partial charge in [-0.1, -0.05) is 5.16 Å². The molecule has 0 aliphatic rings. The van der Waals surface area contributed by atoms with Crippen LogP contribution >= 0.6 is 0 Å². The van der Waals surface area contributed by atoms with Gasteiger partial charge in [-0.2, -0.15) is 0 Å². The summed E-state index contributed by atoms with van der Waals surface area (Å²) in [5.74, 6) is 0.869. The Hall–Kier alpha value is -0.870. The maximum Gasteiger partial charge on any atom is 0.150 e. The standard InChI is InChI=1S/C9H16N2O2/c1-3-12-5-4-10-7-9-6-8(2)11-13-9/h6,10H,3-5,7H2,1-2H3. The molecule has 4 nitrogen and oxygen atoms in total. The summed E-state index contributed by atoms with van der Waals surface area (Å²) in [4.78, 5) is 0. The maximum atomic E-state index is 5.17. The highest BCUT2D eigenvalue weighted by molar-refractivity contribution is 5.02. The van der Waals surface area contributed by atoms with Crippen LogP contribution in [0.4, 0.5) is 0 Å². The van der Waals surface area contributed by atoms with Crippen LogP contribution in [0.2, 0.25) is 0 Å². The Kier molecular flexibility index (Phi) is 4.49. The summed E-state index contributed by atoms with van der Waals surface area (Å²) in [5.41, 5.74) is 0.918. The fourth-order valence-corrected chi connectivity index (χ4v) is 1.000. The molecule has 74 valence electrons. The van der Waals surface area contributed by atoms with Crippen LogP contribution in [0.25, 0.3) is 0 Å². The van der Waals surface area contributed by atoms with Gasteiger partial charge in [0.15, 0.2) is 5.76 Å². The second kappa shape index (κ2) is 5.72. The van der Waals surface area contributed by atoms with E-state index in [0.29, 0.717) is 6.54 Å². The first-order chi connectivity index (χ1) is 6.33. The van der Waals surface area contributed by atoms with Crippen molar-refractivity contribution in [2.75, 3.05) is 19.8 Å². The zero-order chi connectivity index (χ0) is 9.52. The fraction of sp³-hybridized carbons (Fsp3) is 0.667. The second-order valence-corrected chi connectivity index (χ2v) is 2.81. The molecule has 1 aromatic rings. The number of hydrogen-bond donors (Lipinski definition) is 1. The summed E-state index contributed by atoms with van der Waals surface area (Å²) in [6, 6.07) is 1.92. The molecule has 0 amide bonds. The third-order valence-corrected chi connectivity index (χ3v) is 1.60. The molecule has 0 atom stereocenters. The minimum absolute atomic E-state index is 0.716. The molecular formula is C9H16N2O2. The van der Waals surface area contributed by atoms with Crippen LogP contribution in [0.1, 0.15) is 18.4 Å². The van der Waals surface area contributed by atoms with Crippen LogP contribution in [-0.4, -0.2) is 24.9 Å². The monoisotopic (exact) mass is 184 g/mol. The summed E-state index contributed by atoms with van der Waals surface area (Å²) < 4.78 is 10.2. The Balaban J connectivity index is 2.06. The highest BCUT2D eigenvalue weighted by Gasteiger charge is 1.98. The van der Waals surface area contributed by atoms with Gasteiger partial charge in [0.2, 0.25) is 0 Å². The molecule has 1 N–H and O–H groups in total. The van der Waals surface area contributed by atoms with Crippen LogP contribution in [0.15, 0.2) is 10.6 Å². The Bertz CT molecular complexity index is 235. The first-order valence-corrected chi connectivity index (χ1v) is 4.53. The molecule has 4 heteroatoms. The molecule has 0 saturated heterocycles. The fourth-order valence-electron chi connectivity index (χ4n) is 1.000. The zero-order valence-electron chi connectivity index (χ0n) is 8.17. The van der Waals surface area contributed by atoms with E-state index in [4.69, 9.17) is 9.26 Å². The van der Waals surface area contributed by atoms with Crippen LogP contribution in [-0.2, 0) is 11.3 Å². The van der Waals surface area contributed by atoms with E-state index in [1.54, 1.807) is 0 Å². The van der Waals surface area contributed by atoms with Crippen molar-refractivity contribution in [3.63, 3.8) is 0 Å². The average Bonchev–Trinajstić information content (AvgIpc) is 2.51. The SMILES string of the molecule is CCOCCNCc1cc(C)no1. The number of hydrogen-bond acceptors (Lipinski definition) is 4. The first kappa shape index (κ1) is 10.2. The lowest BCUT2D eigenvalue weighted by atomic mass is 10.4. The van der Waals surface area contributed by atoms with E-state index < -0.39 is 0 Å². The van der Waals surface area contributed by atoms with Gasteiger partial charge in [0, 0.05) is 19.2 Å². The van der Waals surface area contributed by atoms with Gasteiger partial charge >= 0.3 is 0 Å². The van der Waals surface area contributed by atoms with Crippen LogP contribution in [0.3, 0.4) is 0 Å². The van der Waals surface area contributed by atoms with Crippen LogP contribution in [0.5, 0.6) is 0 Å². The Labute approximate surface area is 78.2 Å². The van der Waals surface area contributed by atoms with Crippen molar-refractivity contribution in [2.24, 2.45) is 0 Å². The minimum Gasteiger partial charge on any atom is -0.380 e. The number of aromatic nitrogens is 1. The quantitative estimate of drug-likeness (QED) is 0.673. The third-order valence-electron chi connectivity index (χ3n) is 1.60. The third kappa shape index (κ3) is 4.05. The van der Waals surface area contributed by atoms with Gasteiger partial charge in [-0.05, 0) is 13.8 Å². The molecule has 1 rings (SSSR count). The normalized spacial score (nSPS) is 10.6. The van der Waals surface area contributed by atoms with Gasteiger partial charge in [0.25, 0.3) is 0 Å². The van der Waals surface area contributed by atoms with Gasteiger partial charge in [0.05, 0.1) is 18.8 Å². The van der Waals surface area contributed by atoms with Crippen molar-refractivity contribution in [1.82, 2.24) is 10.5 Å². The van der Waals surface area contributed by atoms with E-state index in [1.165, 1.54) is 0 Å². The van der Waals surface area contributed by atoms with E-state index in [2.05, 4.69) is 10.5 Å². The molecule has 0 aliphatic carbocycles. The summed E-state index contributed by atoms with van der Waals surface area (Å²) in [6.07, 6.45) is 0. The van der Waals surface area contributed by atoms with Crippen molar-refractivity contribution < 1.29 is 9.26 Å². The molecule has 1 heterocycles. The van der Waals surface area contributed by atoms with Crippen molar-refractivity contribution >= 4 is 0 Å². The molecule has 0 bridgehead atoms. The van der Waals surface area contributed by atoms with E-state index in [0.717, 1.165) is 31.2 Å². The molecule has 13 heavy (non-hydrogen) atoms. The van der Waals surface area contributed by atoms with Crippen molar-refractivity contribution in [3.8, 4) is 0 Å². The number of nitrogens with one attached hydrogen (secondary N) is 1. The Morgan fingerprint density at radius 2 is 2.46 bits per heavy atom. The lowest BCUT2D eigenvalue weighted by Crippen LogP contribution is -2.18. The van der Waals surface area contributed by atoms with E-state index in [9.17, 15) is 0 Å². The van der Waals surface area contributed by atoms with Crippen molar-refractivity contribution in [2.45, 2.75) is 20.4 Å². The molecule has 0 saturated carbocycles. The average molecular weight is 184 g/mol. The maximum absolute atomic E-state index is 5.17. The summed E-state index contributed by atoms with van der Waals surface area (Å²) >= 11 is 0. The van der Waals surface area contributed by atoms with Gasteiger partial charge in [0.1, 0.15) is 0 Å². The van der Waals surface area contributed by atoms with Crippen molar-refractivity contribution in [1.29, 1.82) is 0 Å². The molecule has 1 aromatic heterocycles. The molecule has 0 spiro atoms. The number of aryl methyl sites for hydroxylation is 1. The van der Waals surface area contributed by atoms with E-state index in [1.807, 2.05) is 19.9 Å². The molecular weight excluding hydrogens is 168 g/mol. The van der Waals surface area contributed by atoms with Crippen molar-refractivity contribution in [3.05, 3.63) is 17.5 Å². The first-order valence-electron chi connectivity index (χ1n) is 4.53. The topological polar surface area (TPSA) is 47.3 Å². The number of rotatable bonds is 6. The van der Waals surface area contributed by atoms with Gasteiger partial charge in [-0.3, -0.25) is 0 Å². The molecule has 0 aromatic carbocycles. The van der Waals surface area contributed by atoms with Crippen LogP contribution in [0, 0.1) is 6.92 Å². The Morgan fingerprint density at radius 3 is 3.08 bits per heavy atom. The van der Waals surface area contributed by atoms with Gasteiger partial charge in [-0.15, -0.1) is 0 Å². The zero-order valence-corrected chi connectivity index (χ0v) is 8.17. The van der Waals surface area contributed by atoms with Gasteiger partial charge < -0.3 is 14.6 Å². The summed E-state index contributed by atoms with van der Waals surface area (Å²) in [5, 5.41) is 6.98.